The zero-order chi connectivity index (χ0) is 9.56. The van der Waals surface area contributed by atoms with E-state index in [4.69, 9.17) is 0 Å². The summed E-state index contributed by atoms with van der Waals surface area (Å²) in [4.78, 5) is 21.5. The Morgan fingerprint density at radius 3 is 2.33 bits per heavy atom. The van der Waals surface area contributed by atoms with Crippen molar-refractivity contribution in [3.05, 3.63) is 12.2 Å². The standard InChI is InChI=1S/C10H16O2/c1-8(2)10(12)7-5-4-6-9(3)11/h4,6,8H,5,7H2,1-3H3/b6-4+. The second-order valence-electron chi connectivity index (χ2n) is 3.17. The van der Waals surface area contributed by atoms with Gasteiger partial charge in [-0.1, -0.05) is 19.9 Å². The van der Waals surface area contributed by atoms with Gasteiger partial charge in [0.25, 0.3) is 0 Å². The summed E-state index contributed by atoms with van der Waals surface area (Å²) < 4.78 is 0. The molecule has 0 N–H and O–H groups in total. The van der Waals surface area contributed by atoms with E-state index in [0.717, 1.165) is 0 Å². The molecule has 12 heavy (non-hydrogen) atoms. The Hall–Kier alpha value is -0.920. The summed E-state index contributed by atoms with van der Waals surface area (Å²) in [5, 5.41) is 0. The molecular weight excluding hydrogens is 152 g/mol. The highest BCUT2D eigenvalue weighted by Gasteiger charge is 2.04. The first-order valence-corrected chi connectivity index (χ1v) is 4.24. The van der Waals surface area contributed by atoms with Crippen molar-refractivity contribution in [2.24, 2.45) is 5.92 Å². The number of carbonyl (C=O) groups is 2. The van der Waals surface area contributed by atoms with Gasteiger partial charge in [-0.15, -0.1) is 0 Å². The van der Waals surface area contributed by atoms with Crippen LogP contribution in [0.3, 0.4) is 0 Å². The minimum atomic E-state index is 0.0343. The molecular formula is C10H16O2. The van der Waals surface area contributed by atoms with Gasteiger partial charge in [-0.3, -0.25) is 9.59 Å². The van der Waals surface area contributed by atoms with E-state index >= 15 is 0 Å². The number of ketones is 2. The Balaban J connectivity index is 3.57. The first-order chi connectivity index (χ1) is 5.54. The smallest absolute Gasteiger partial charge is 0.152 e. The molecule has 0 spiro atoms. The highest BCUT2D eigenvalue weighted by Crippen LogP contribution is 2.02. The zero-order valence-corrected chi connectivity index (χ0v) is 7.96. The highest BCUT2D eigenvalue weighted by molar-refractivity contribution is 5.87. The summed E-state index contributed by atoms with van der Waals surface area (Å²) in [6.45, 7) is 5.27. The van der Waals surface area contributed by atoms with Gasteiger partial charge in [-0.25, -0.2) is 0 Å². The van der Waals surface area contributed by atoms with E-state index in [-0.39, 0.29) is 17.5 Å². The molecule has 0 aromatic heterocycles. The second-order valence-corrected chi connectivity index (χ2v) is 3.17. The Labute approximate surface area is 73.7 Å². The predicted molar refractivity (Wildman–Crippen MR) is 48.9 cm³/mol. The quantitative estimate of drug-likeness (QED) is 0.589. The fourth-order valence-electron chi connectivity index (χ4n) is 0.764. The first kappa shape index (κ1) is 11.1. The summed E-state index contributed by atoms with van der Waals surface area (Å²) in [6, 6.07) is 0. The molecule has 0 aliphatic heterocycles. The van der Waals surface area contributed by atoms with Crippen LogP contribution < -0.4 is 0 Å². The number of allylic oxidation sites excluding steroid dienone is 2. The highest BCUT2D eigenvalue weighted by atomic mass is 16.1. The Morgan fingerprint density at radius 2 is 1.92 bits per heavy atom. The lowest BCUT2D eigenvalue weighted by molar-refractivity contribution is -0.121. The van der Waals surface area contributed by atoms with Crippen LogP contribution in [-0.4, -0.2) is 11.6 Å². The molecule has 2 nitrogen and oxygen atoms in total. The molecule has 0 unspecified atom stereocenters. The van der Waals surface area contributed by atoms with Crippen molar-refractivity contribution in [3.8, 4) is 0 Å². The minimum Gasteiger partial charge on any atom is -0.299 e. The lowest BCUT2D eigenvalue weighted by atomic mass is 10.0. The van der Waals surface area contributed by atoms with Gasteiger partial charge in [0, 0.05) is 12.3 Å². The largest absolute Gasteiger partial charge is 0.299 e. The van der Waals surface area contributed by atoms with Crippen molar-refractivity contribution in [1.82, 2.24) is 0 Å². The summed E-state index contributed by atoms with van der Waals surface area (Å²) in [6.07, 6.45) is 4.48. The van der Waals surface area contributed by atoms with E-state index in [1.165, 1.54) is 13.0 Å². The van der Waals surface area contributed by atoms with E-state index in [9.17, 15) is 9.59 Å². The van der Waals surface area contributed by atoms with E-state index in [1.807, 2.05) is 13.8 Å². The van der Waals surface area contributed by atoms with Gasteiger partial charge in [-0.2, -0.15) is 0 Å². The van der Waals surface area contributed by atoms with Crippen LogP contribution in [0.2, 0.25) is 0 Å². The van der Waals surface area contributed by atoms with Crippen LogP contribution >= 0.6 is 0 Å². The number of rotatable bonds is 5. The maximum Gasteiger partial charge on any atom is 0.152 e. The molecule has 0 rings (SSSR count). The average molecular weight is 168 g/mol. The molecule has 0 atom stereocenters. The molecule has 2 heteroatoms. The van der Waals surface area contributed by atoms with Gasteiger partial charge in [0.1, 0.15) is 5.78 Å². The summed E-state index contributed by atoms with van der Waals surface area (Å²) in [5.74, 6) is 0.394. The van der Waals surface area contributed by atoms with Gasteiger partial charge in [0.2, 0.25) is 0 Å². The van der Waals surface area contributed by atoms with E-state index in [2.05, 4.69) is 0 Å². The third kappa shape index (κ3) is 5.83. The zero-order valence-electron chi connectivity index (χ0n) is 7.96. The lowest BCUT2D eigenvalue weighted by Crippen LogP contribution is -2.05. The van der Waals surface area contributed by atoms with Crippen LogP contribution in [0.4, 0.5) is 0 Å². The van der Waals surface area contributed by atoms with E-state index in [0.29, 0.717) is 12.8 Å². The molecule has 0 aliphatic carbocycles. The van der Waals surface area contributed by atoms with Crippen molar-refractivity contribution in [2.45, 2.75) is 33.6 Å². The fourth-order valence-corrected chi connectivity index (χ4v) is 0.764. The normalized spacial score (nSPS) is 11.0. The molecule has 0 aliphatic rings. The van der Waals surface area contributed by atoms with Gasteiger partial charge in [-0.05, 0) is 19.4 Å². The molecule has 0 radical (unpaired) electrons. The number of Topliss-reactive ketones (excluding diaryl/α,β-unsaturated/α-hetero) is 1. The Morgan fingerprint density at radius 1 is 1.33 bits per heavy atom. The lowest BCUT2D eigenvalue weighted by Gasteiger charge is -1.99. The minimum absolute atomic E-state index is 0.0343. The second kappa shape index (κ2) is 5.70. The average Bonchev–Trinajstić information content (AvgIpc) is 1.97. The van der Waals surface area contributed by atoms with Crippen molar-refractivity contribution >= 4 is 11.6 Å². The van der Waals surface area contributed by atoms with Gasteiger partial charge < -0.3 is 0 Å². The van der Waals surface area contributed by atoms with Crippen molar-refractivity contribution < 1.29 is 9.59 Å². The summed E-state index contributed by atoms with van der Waals surface area (Å²) in [5.41, 5.74) is 0. The molecule has 0 heterocycles. The fraction of sp³-hybridized carbons (Fsp3) is 0.600. The molecule has 0 amide bonds. The SMILES string of the molecule is CC(=O)/C=C/CCC(=O)C(C)C. The maximum atomic E-state index is 11.1. The first-order valence-electron chi connectivity index (χ1n) is 4.24. The molecule has 0 aromatic rings. The Bertz CT molecular complexity index is 190. The van der Waals surface area contributed by atoms with Crippen molar-refractivity contribution in [3.63, 3.8) is 0 Å². The van der Waals surface area contributed by atoms with Crippen LogP contribution in [0.5, 0.6) is 0 Å². The molecule has 68 valence electrons. The van der Waals surface area contributed by atoms with Crippen LogP contribution in [0.25, 0.3) is 0 Å². The Kier molecular flexibility index (Phi) is 5.26. The topological polar surface area (TPSA) is 34.1 Å². The van der Waals surface area contributed by atoms with E-state index in [1.54, 1.807) is 6.08 Å². The third-order valence-corrected chi connectivity index (χ3v) is 1.55. The van der Waals surface area contributed by atoms with E-state index < -0.39 is 0 Å². The number of hydrogen-bond donors (Lipinski definition) is 0. The van der Waals surface area contributed by atoms with Gasteiger partial charge in [0.15, 0.2) is 5.78 Å². The van der Waals surface area contributed by atoms with Crippen LogP contribution in [0.15, 0.2) is 12.2 Å². The number of carbonyl (C=O) groups excluding carboxylic acids is 2. The van der Waals surface area contributed by atoms with Crippen LogP contribution in [0.1, 0.15) is 33.6 Å². The van der Waals surface area contributed by atoms with Crippen LogP contribution in [-0.2, 0) is 9.59 Å². The van der Waals surface area contributed by atoms with Crippen molar-refractivity contribution in [2.75, 3.05) is 0 Å². The summed E-state index contributed by atoms with van der Waals surface area (Å²) in [7, 11) is 0. The van der Waals surface area contributed by atoms with Crippen LogP contribution in [0, 0.1) is 5.92 Å². The number of hydrogen-bond acceptors (Lipinski definition) is 2. The maximum absolute atomic E-state index is 11.1. The predicted octanol–water partition coefficient (Wildman–Crippen LogP) is 2.14. The monoisotopic (exact) mass is 168 g/mol. The molecule has 0 aromatic carbocycles. The molecule has 0 fully saturated rings. The molecule has 0 saturated heterocycles. The summed E-state index contributed by atoms with van der Waals surface area (Å²) >= 11 is 0. The molecule has 0 saturated carbocycles. The van der Waals surface area contributed by atoms with Crippen molar-refractivity contribution in [1.29, 1.82) is 0 Å². The third-order valence-electron chi connectivity index (χ3n) is 1.55. The van der Waals surface area contributed by atoms with Gasteiger partial charge in [0.05, 0.1) is 0 Å². The van der Waals surface area contributed by atoms with Gasteiger partial charge >= 0.3 is 0 Å². The molecule has 0 bridgehead atoms.